The molecular weight excluding hydrogens is 305 g/mol. The highest BCUT2D eigenvalue weighted by atomic mass is 35.5. The fourth-order valence-electron chi connectivity index (χ4n) is 1.60. The molecule has 2 aromatic carbocycles. The number of anilines is 2. The summed E-state index contributed by atoms with van der Waals surface area (Å²) in [5, 5.41) is 4.79. The molecule has 0 spiro atoms. The van der Waals surface area contributed by atoms with Crippen LogP contribution in [-0.4, -0.2) is 6.03 Å². The minimum atomic E-state index is -4.50. The first kappa shape index (κ1) is 15.2. The maximum atomic E-state index is 12.6. The van der Waals surface area contributed by atoms with Gasteiger partial charge in [0.2, 0.25) is 0 Å². The molecule has 0 fully saturated rings. The summed E-state index contributed by atoms with van der Waals surface area (Å²) < 4.78 is 37.8. The van der Waals surface area contributed by atoms with Crippen molar-refractivity contribution >= 4 is 29.0 Å². The molecule has 21 heavy (non-hydrogen) atoms. The van der Waals surface area contributed by atoms with Gasteiger partial charge in [0.25, 0.3) is 0 Å². The number of halogens is 4. The third-order valence-electron chi connectivity index (χ3n) is 2.57. The number of benzene rings is 2. The van der Waals surface area contributed by atoms with Gasteiger partial charge in [0.1, 0.15) is 0 Å². The lowest BCUT2D eigenvalue weighted by Gasteiger charge is -2.12. The third kappa shape index (κ3) is 4.13. The topological polar surface area (TPSA) is 41.1 Å². The van der Waals surface area contributed by atoms with Crippen LogP contribution in [0.3, 0.4) is 0 Å². The zero-order valence-corrected chi connectivity index (χ0v) is 11.3. The Balaban J connectivity index is 2.14. The maximum absolute atomic E-state index is 12.6. The first-order valence-electron chi connectivity index (χ1n) is 5.86. The van der Waals surface area contributed by atoms with E-state index in [9.17, 15) is 18.0 Å². The Morgan fingerprint density at radius 3 is 2.29 bits per heavy atom. The number of amides is 2. The van der Waals surface area contributed by atoms with Crippen molar-refractivity contribution < 1.29 is 18.0 Å². The van der Waals surface area contributed by atoms with Crippen LogP contribution >= 0.6 is 11.6 Å². The molecule has 110 valence electrons. The van der Waals surface area contributed by atoms with Gasteiger partial charge in [-0.15, -0.1) is 0 Å². The molecule has 0 heterocycles. The SMILES string of the molecule is O=C(Nc1ccccc1)Nc1cc(C(F)(F)F)ccc1Cl. The first-order chi connectivity index (χ1) is 9.86. The standard InChI is InChI=1S/C14H10ClF3N2O/c15-11-7-6-9(14(16,17)18)8-12(11)20-13(21)19-10-4-2-1-3-5-10/h1-8H,(H2,19,20,21). The van der Waals surface area contributed by atoms with E-state index in [0.717, 1.165) is 18.2 Å². The molecule has 0 aliphatic heterocycles. The number of carbonyl (C=O) groups excluding carboxylic acids is 1. The van der Waals surface area contributed by atoms with Crippen LogP contribution in [0.2, 0.25) is 5.02 Å². The fourth-order valence-corrected chi connectivity index (χ4v) is 1.77. The molecule has 0 unspecified atom stereocenters. The minimum absolute atomic E-state index is 0.0196. The molecule has 2 aromatic rings. The van der Waals surface area contributed by atoms with Gasteiger partial charge < -0.3 is 10.6 Å². The van der Waals surface area contributed by atoms with Gasteiger partial charge in [-0.2, -0.15) is 13.2 Å². The van der Waals surface area contributed by atoms with Crippen molar-refractivity contribution in [3.63, 3.8) is 0 Å². The molecule has 2 rings (SSSR count). The van der Waals surface area contributed by atoms with Crippen LogP contribution in [0.5, 0.6) is 0 Å². The Bertz CT molecular complexity index is 644. The quantitative estimate of drug-likeness (QED) is 0.804. The molecule has 0 saturated heterocycles. The molecule has 2 N–H and O–H groups in total. The van der Waals surface area contributed by atoms with Crippen LogP contribution in [0.25, 0.3) is 0 Å². The van der Waals surface area contributed by atoms with Crippen molar-refractivity contribution in [1.82, 2.24) is 0 Å². The van der Waals surface area contributed by atoms with Gasteiger partial charge in [0.05, 0.1) is 16.3 Å². The van der Waals surface area contributed by atoms with Gasteiger partial charge in [-0.25, -0.2) is 4.79 Å². The van der Waals surface area contributed by atoms with Crippen LogP contribution in [0, 0.1) is 0 Å². The number of hydrogen-bond acceptors (Lipinski definition) is 1. The van der Waals surface area contributed by atoms with Crippen molar-refractivity contribution in [2.24, 2.45) is 0 Å². The van der Waals surface area contributed by atoms with Crippen molar-refractivity contribution in [1.29, 1.82) is 0 Å². The second-order valence-corrected chi connectivity index (χ2v) is 4.54. The molecule has 0 saturated carbocycles. The Morgan fingerprint density at radius 1 is 1.00 bits per heavy atom. The van der Waals surface area contributed by atoms with Gasteiger partial charge in [0, 0.05) is 5.69 Å². The lowest BCUT2D eigenvalue weighted by Crippen LogP contribution is -2.20. The van der Waals surface area contributed by atoms with Crippen LogP contribution in [0.4, 0.5) is 29.3 Å². The monoisotopic (exact) mass is 314 g/mol. The van der Waals surface area contributed by atoms with Crippen LogP contribution in [-0.2, 0) is 6.18 Å². The molecular formula is C14H10ClF3N2O. The van der Waals surface area contributed by atoms with E-state index in [0.29, 0.717) is 5.69 Å². The van der Waals surface area contributed by atoms with E-state index in [2.05, 4.69) is 10.6 Å². The predicted octanol–water partition coefficient (Wildman–Crippen LogP) is 5.00. The van der Waals surface area contributed by atoms with Gasteiger partial charge in [-0.05, 0) is 30.3 Å². The van der Waals surface area contributed by atoms with Crippen molar-refractivity contribution in [2.45, 2.75) is 6.18 Å². The van der Waals surface area contributed by atoms with E-state index < -0.39 is 17.8 Å². The Morgan fingerprint density at radius 2 is 1.67 bits per heavy atom. The molecule has 0 atom stereocenters. The molecule has 0 bridgehead atoms. The fraction of sp³-hybridized carbons (Fsp3) is 0.0714. The predicted molar refractivity (Wildman–Crippen MR) is 75.5 cm³/mol. The minimum Gasteiger partial charge on any atom is -0.308 e. The second kappa shape index (κ2) is 6.05. The Labute approximate surface area is 123 Å². The van der Waals surface area contributed by atoms with E-state index in [1.54, 1.807) is 30.3 Å². The summed E-state index contributed by atoms with van der Waals surface area (Å²) in [6, 6.07) is 10.5. The molecule has 3 nitrogen and oxygen atoms in total. The van der Waals surface area contributed by atoms with Crippen molar-refractivity contribution in [3.05, 3.63) is 59.1 Å². The van der Waals surface area contributed by atoms with Gasteiger partial charge in [-0.1, -0.05) is 29.8 Å². The maximum Gasteiger partial charge on any atom is 0.416 e. The van der Waals surface area contributed by atoms with E-state index in [1.165, 1.54) is 0 Å². The molecule has 0 aromatic heterocycles. The number of nitrogens with one attached hydrogen (secondary N) is 2. The van der Waals surface area contributed by atoms with Gasteiger partial charge in [0.15, 0.2) is 0 Å². The van der Waals surface area contributed by atoms with E-state index >= 15 is 0 Å². The lowest BCUT2D eigenvalue weighted by atomic mass is 10.2. The van der Waals surface area contributed by atoms with E-state index in [-0.39, 0.29) is 10.7 Å². The van der Waals surface area contributed by atoms with Crippen LogP contribution in [0.1, 0.15) is 5.56 Å². The Hall–Kier alpha value is -2.21. The summed E-state index contributed by atoms with van der Waals surface area (Å²) >= 11 is 5.78. The zero-order valence-electron chi connectivity index (χ0n) is 10.5. The van der Waals surface area contributed by atoms with Crippen LogP contribution < -0.4 is 10.6 Å². The number of urea groups is 1. The summed E-state index contributed by atoms with van der Waals surface area (Å²) in [5.74, 6) is 0. The molecule has 0 aliphatic carbocycles. The number of carbonyl (C=O) groups is 1. The molecule has 2 amide bonds. The average molecular weight is 315 g/mol. The summed E-state index contributed by atoms with van der Waals surface area (Å²) in [5.41, 5.74) is -0.486. The third-order valence-corrected chi connectivity index (χ3v) is 2.90. The van der Waals surface area contributed by atoms with Crippen molar-refractivity contribution in [2.75, 3.05) is 10.6 Å². The van der Waals surface area contributed by atoms with Gasteiger partial charge in [-0.3, -0.25) is 0 Å². The second-order valence-electron chi connectivity index (χ2n) is 4.14. The van der Waals surface area contributed by atoms with Crippen LogP contribution in [0.15, 0.2) is 48.5 Å². The molecule has 0 radical (unpaired) electrons. The van der Waals surface area contributed by atoms with Crippen molar-refractivity contribution in [3.8, 4) is 0 Å². The average Bonchev–Trinajstić information content (AvgIpc) is 2.41. The largest absolute Gasteiger partial charge is 0.416 e. The Kier molecular flexibility index (Phi) is 4.37. The smallest absolute Gasteiger partial charge is 0.308 e. The summed E-state index contributed by atoms with van der Waals surface area (Å²) in [6.07, 6.45) is -4.50. The molecule has 7 heteroatoms. The molecule has 0 aliphatic rings. The summed E-state index contributed by atoms with van der Waals surface area (Å²) in [7, 11) is 0. The normalized spacial score (nSPS) is 11.0. The first-order valence-corrected chi connectivity index (χ1v) is 6.24. The van der Waals surface area contributed by atoms with Gasteiger partial charge >= 0.3 is 12.2 Å². The highest BCUT2D eigenvalue weighted by Gasteiger charge is 2.31. The number of hydrogen-bond donors (Lipinski definition) is 2. The lowest BCUT2D eigenvalue weighted by molar-refractivity contribution is -0.137. The summed E-state index contributed by atoms with van der Waals surface area (Å²) in [6.45, 7) is 0. The number of rotatable bonds is 2. The number of para-hydroxylation sites is 1. The van der Waals surface area contributed by atoms with E-state index in [1.807, 2.05) is 0 Å². The summed E-state index contributed by atoms with van der Waals surface area (Å²) in [4.78, 5) is 11.7. The zero-order chi connectivity index (χ0) is 15.5. The highest BCUT2D eigenvalue weighted by Crippen LogP contribution is 2.33. The highest BCUT2D eigenvalue weighted by molar-refractivity contribution is 6.33. The van der Waals surface area contributed by atoms with E-state index in [4.69, 9.17) is 11.6 Å². The number of alkyl halides is 3.